The van der Waals surface area contributed by atoms with Crippen LogP contribution >= 0.6 is 22.6 Å². The largest absolute Gasteiger partial charge is 0.473 e. The van der Waals surface area contributed by atoms with E-state index in [1.807, 2.05) is 22.6 Å². The Kier molecular flexibility index (Phi) is 4.42. The molecular formula is C12H17IN2O2. The van der Waals surface area contributed by atoms with Gasteiger partial charge in [0.2, 0.25) is 5.88 Å². The van der Waals surface area contributed by atoms with E-state index in [-0.39, 0.29) is 11.7 Å². The second-order valence-corrected chi connectivity index (χ2v) is 5.61. The maximum absolute atomic E-state index is 11.4. The first kappa shape index (κ1) is 12.9. The zero-order valence-corrected chi connectivity index (χ0v) is 12.1. The fourth-order valence-electron chi connectivity index (χ4n) is 2.33. The van der Waals surface area contributed by atoms with Gasteiger partial charge in [-0.1, -0.05) is 19.8 Å². The number of hydrogen-bond donors (Lipinski definition) is 1. The zero-order chi connectivity index (χ0) is 12.3. The maximum atomic E-state index is 11.4. The molecule has 0 radical (unpaired) electrons. The lowest BCUT2D eigenvalue weighted by atomic mass is 9.85. The second-order valence-electron chi connectivity index (χ2n) is 4.53. The summed E-state index contributed by atoms with van der Waals surface area (Å²) in [6.07, 6.45) is 7.50. The maximum Gasteiger partial charge on any atom is 0.268 e. The van der Waals surface area contributed by atoms with Gasteiger partial charge >= 0.3 is 0 Å². The Bertz CT molecular complexity index is 433. The smallest absolute Gasteiger partial charge is 0.268 e. The Morgan fingerprint density at radius 2 is 2.41 bits per heavy atom. The summed E-state index contributed by atoms with van der Waals surface area (Å²) < 4.78 is 6.41. The zero-order valence-electron chi connectivity index (χ0n) is 9.91. The van der Waals surface area contributed by atoms with Gasteiger partial charge in [0.1, 0.15) is 9.67 Å². The van der Waals surface area contributed by atoms with Gasteiger partial charge in [-0.2, -0.15) is 0 Å². The lowest BCUT2D eigenvalue weighted by Gasteiger charge is -2.28. The van der Waals surface area contributed by atoms with E-state index in [0.29, 0.717) is 9.45 Å². The molecule has 5 heteroatoms. The van der Waals surface area contributed by atoms with Crippen molar-refractivity contribution in [2.24, 2.45) is 5.92 Å². The van der Waals surface area contributed by atoms with Gasteiger partial charge in [0.25, 0.3) is 5.56 Å². The van der Waals surface area contributed by atoms with Gasteiger partial charge in [0.15, 0.2) is 0 Å². The van der Waals surface area contributed by atoms with E-state index in [1.165, 1.54) is 25.6 Å². The van der Waals surface area contributed by atoms with Crippen molar-refractivity contribution in [2.75, 3.05) is 0 Å². The third-order valence-corrected chi connectivity index (χ3v) is 4.31. The van der Waals surface area contributed by atoms with E-state index in [9.17, 15) is 4.79 Å². The van der Waals surface area contributed by atoms with Gasteiger partial charge in [-0.05, 0) is 47.8 Å². The van der Waals surface area contributed by atoms with Crippen LogP contribution in [0.1, 0.15) is 39.0 Å². The number of nitrogens with zero attached hydrogens (tertiary/aromatic N) is 1. The summed E-state index contributed by atoms with van der Waals surface area (Å²) in [6.45, 7) is 2.22. The number of nitrogens with one attached hydrogen (secondary N) is 1. The van der Waals surface area contributed by atoms with Gasteiger partial charge < -0.3 is 9.72 Å². The van der Waals surface area contributed by atoms with Crippen molar-refractivity contribution in [1.29, 1.82) is 0 Å². The summed E-state index contributed by atoms with van der Waals surface area (Å²) in [5, 5.41) is 0. The third-order valence-electron chi connectivity index (χ3n) is 3.35. The number of ether oxygens (including phenoxy) is 1. The second kappa shape index (κ2) is 5.84. The molecule has 1 N–H and O–H groups in total. The summed E-state index contributed by atoms with van der Waals surface area (Å²) in [5.41, 5.74) is -0.126. The normalized spacial score (nSPS) is 24.6. The fourth-order valence-corrected chi connectivity index (χ4v) is 2.75. The number of aromatic nitrogens is 2. The van der Waals surface area contributed by atoms with Crippen LogP contribution in [-0.2, 0) is 0 Å². The molecule has 0 saturated heterocycles. The molecule has 2 rings (SSSR count). The van der Waals surface area contributed by atoms with Crippen molar-refractivity contribution < 1.29 is 4.74 Å². The monoisotopic (exact) mass is 348 g/mol. The molecule has 0 spiro atoms. The lowest BCUT2D eigenvalue weighted by Crippen LogP contribution is -2.27. The standard InChI is InChI=1S/C12H17IN2O2/c1-2-8-4-3-5-9(6-8)17-12-10(13)11(16)14-7-15-12/h7-9H,2-6H2,1H3,(H,14,15,16). The van der Waals surface area contributed by atoms with Crippen molar-refractivity contribution in [2.45, 2.75) is 45.1 Å². The molecule has 1 fully saturated rings. The van der Waals surface area contributed by atoms with Crippen molar-refractivity contribution in [3.63, 3.8) is 0 Å². The average Bonchev–Trinajstić information content (AvgIpc) is 2.35. The molecule has 1 aliphatic rings. The Morgan fingerprint density at radius 1 is 1.59 bits per heavy atom. The molecule has 2 atom stereocenters. The quantitative estimate of drug-likeness (QED) is 0.855. The molecule has 0 amide bonds. The molecule has 1 aromatic heterocycles. The summed E-state index contributed by atoms with van der Waals surface area (Å²) in [6, 6.07) is 0. The van der Waals surface area contributed by atoms with Crippen LogP contribution in [-0.4, -0.2) is 16.1 Å². The Hall–Kier alpha value is -0.590. The van der Waals surface area contributed by atoms with Crippen LogP contribution in [0.3, 0.4) is 0 Å². The number of halogens is 1. The molecule has 1 saturated carbocycles. The Morgan fingerprint density at radius 3 is 3.18 bits per heavy atom. The molecule has 17 heavy (non-hydrogen) atoms. The molecule has 1 heterocycles. The van der Waals surface area contributed by atoms with E-state index >= 15 is 0 Å². The minimum Gasteiger partial charge on any atom is -0.473 e. The molecule has 0 aromatic carbocycles. The molecule has 1 aliphatic carbocycles. The van der Waals surface area contributed by atoms with Crippen molar-refractivity contribution in [1.82, 2.24) is 9.97 Å². The van der Waals surface area contributed by atoms with Gasteiger partial charge in [-0.15, -0.1) is 0 Å². The first-order valence-electron chi connectivity index (χ1n) is 6.10. The Balaban J connectivity index is 2.05. The number of rotatable bonds is 3. The van der Waals surface area contributed by atoms with Crippen molar-refractivity contribution in [3.8, 4) is 5.88 Å². The van der Waals surface area contributed by atoms with Crippen LogP contribution in [0.25, 0.3) is 0 Å². The van der Waals surface area contributed by atoms with E-state index < -0.39 is 0 Å². The van der Waals surface area contributed by atoms with Crippen LogP contribution in [0, 0.1) is 9.49 Å². The molecular weight excluding hydrogens is 331 g/mol. The van der Waals surface area contributed by atoms with Crippen molar-refractivity contribution >= 4 is 22.6 Å². The summed E-state index contributed by atoms with van der Waals surface area (Å²) in [4.78, 5) is 18.1. The predicted octanol–water partition coefficient (Wildman–Crippen LogP) is 2.72. The first-order valence-corrected chi connectivity index (χ1v) is 7.18. The third kappa shape index (κ3) is 3.20. The summed E-state index contributed by atoms with van der Waals surface area (Å²) in [7, 11) is 0. The average molecular weight is 348 g/mol. The molecule has 1 aromatic rings. The summed E-state index contributed by atoms with van der Waals surface area (Å²) >= 11 is 1.98. The highest BCUT2D eigenvalue weighted by atomic mass is 127. The van der Waals surface area contributed by atoms with E-state index in [4.69, 9.17) is 4.74 Å². The minimum absolute atomic E-state index is 0.126. The predicted molar refractivity (Wildman–Crippen MR) is 74.2 cm³/mol. The van der Waals surface area contributed by atoms with E-state index in [2.05, 4.69) is 16.9 Å². The highest BCUT2D eigenvalue weighted by Crippen LogP contribution is 2.29. The number of H-pyrrole nitrogens is 1. The van der Waals surface area contributed by atoms with E-state index in [1.54, 1.807) is 0 Å². The molecule has 0 aliphatic heterocycles. The summed E-state index contributed by atoms with van der Waals surface area (Å²) in [5.74, 6) is 1.24. The lowest BCUT2D eigenvalue weighted by molar-refractivity contribution is 0.115. The minimum atomic E-state index is -0.126. The van der Waals surface area contributed by atoms with E-state index in [0.717, 1.165) is 18.8 Å². The molecule has 94 valence electrons. The highest BCUT2D eigenvalue weighted by Gasteiger charge is 2.23. The number of aromatic amines is 1. The van der Waals surface area contributed by atoms with Crippen LogP contribution < -0.4 is 10.3 Å². The van der Waals surface area contributed by atoms with Gasteiger partial charge in [0, 0.05) is 0 Å². The molecule has 0 bridgehead atoms. The van der Waals surface area contributed by atoms with Crippen LogP contribution in [0.15, 0.2) is 11.1 Å². The SMILES string of the molecule is CCC1CCCC(Oc2nc[nH]c(=O)c2I)C1. The molecule has 2 unspecified atom stereocenters. The Labute approximate surface area is 114 Å². The number of hydrogen-bond acceptors (Lipinski definition) is 3. The van der Waals surface area contributed by atoms with Crippen LogP contribution in [0.2, 0.25) is 0 Å². The van der Waals surface area contributed by atoms with Crippen LogP contribution in [0.4, 0.5) is 0 Å². The molecule has 4 nitrogen and oxygen atoms in total. The fraction of sp³-hybridized carbons (Fsp3) is 0.667. The van der Waals surface area contributed by atoms with Crippen molar-refractivity contribution in [3.05, 3.63) is 20.3 Å². The van der Waals surface area contributed by atoms with Gasteiger partial charge in [-0.25, -0.2) is 4.98 Å². The topological polar surface area (TPSA) is 55.0 Å². The van der Waals surface area contributed by atoms with Crippen LogP contribution in [0.5, 0.6) is 5.88 Å². The van der Waals surface area contributed by atoms with Gasteiger partial charge in [-0.3, -0.25) is 4.79 Å². The highest BCUT2D eigenvalue weighted by molar-refractivity contribution is 14.1. The van der Waals surface area contributed by atoms with Gasteiger partial charge in [0.05, 0.1) is 6.33 Å². The first-order chi connectivity index (χ1) is 8.20.